The second-order valence-electron chi connectivity index (χ2n) is 4.82. The van der Waals surface area contributed by atoms with Gasteiger partial charge in [-0.05, 0) is 50.1 Å². The molecule has 2 aromatic carbocycles. The lowest BCUT2D eigenvalue weighted by atomic mass is 10.0. The number of phenols is 2. The molecule has 3 heteroatoms. The van der Waals surface area contributed by atoms with Crippen molar-refractivity contribution < 1.29 is 10.2 Å². The molecule has 0 heterocycles. The Kier molecular flexibility index (Phi) is 3.65. The fourth-order valence-corrected chi connectivity index (χ4v) is 2.20. The third kappa shape index (κ3) is 2.65. The van der Waals surface area contributed by atoms with Gasteiger partial charge in [0, 0.05) is 5.69 Å². The monoisotopic (exact) mass is 257 g/mol. The van der Waals surface area contributed by atoms with Crippen molar-refractivity contribution in [3.05, 3.63) is 53.1 Å². The Morgan fingerprint density at radius 2 is 1.53 bits per heavy atom. The average Bonchev–Trinajstić information content (AvgIpc) is 2.35. The van der Waals surface area contributed by atoms with E-state index in [1.807, 2.05) is 19.1 Å². The van der Waals surface area contributed by atoms with Crippen LogP contribution in [-0.4, -0.2) is 10.2 Å². The second kappa shape index (κ2) is 5.22. The molecule has 0 fully saturated rings. The summed E-state index contributed by atoms with van der Waals surface area (Å²) in [4.78, 5) is 0. The van der Waals surface area contributed by atoms with E-state index in [2.05, 4.69) is 25.2 Å². The van der Waals surface area contributed by atoms with Gasteiger partial charge in [-0.3, -0.25) is 0 Å². The van der Waals surface area contributed by atoms with Crippen LogP contribution in [0.1, 0.15) is 29.7 Å². The number of hydrogen-bond donors (Lipinski definition) is 3. The number of anilines is 1. The van der Waals surface area contributed by atoms with Crippen LogP contribution >= 0.6 is 0 Å². The fourth-order valence-electron chi connectivity index (χ4n) is 2.20. The summed E-state index contributed by atoms with van der Waals surface area (Å²) in [6.07, 6.45) is 0. The van der Waals surface area contributed by atoms with Crippen LogP contribution in [0.3, 0.4) is 0 Å². The lowest BCUT2D eigenvalue weighted by Crippen LogP contribution is -2.08. The zero-order chi connectivity index (χ0) is 14.0. The molecule has 1 unspecified atom stereocenters. The molecule has 0 radical (unpaired) electrons. The normalized spacial score (nSPS) is 12.2. The van der Waals surface area contributed by atoms with E-state index >= 15 is 0 Å². The Hall–Kier alpha value is -2.16. The highest BCUT2D eigenvalue weighted by atomic mass is 16.3. The van der Waals surface area contributed by atoms with Gasteiger partial charge in [-0.25, -0.2) is 0 Å². The van der Waals surface area contributed by atoms with Gasteiger partial charge in [-0.15, -0.1) is 0 Å². The van der Waals surface area contributed by atoms with Crippen molar-refractivity contribution in [2.45, 2.75) is 26.8 Å². The molecule has 1 atom stereocenters. The molecule has 3 nitrogen and oxygen atoms in total. The van der Waals surface area contributed by atoms with E-state index in [0.717, 1.165) is 5.69 Å². The molecule has 0 aliphatic carbocycles. The first kappa shape index (κ1) is 13.3. The van der Waals surface area contributed by atoms with Crippen LogP contribution in [0.4, 0.5) is 5.69 Å². The summed E-state index contributed by atoms with van der Waals surface area (Å²) in [6.45, 7) is 6.02. The van der Waals surface area contributed by atoms with E-state index in [1.165, 1.54) is 11.1 Å². The van der Waals surface area contributed by atoms with Gasteiger partial charge in [-0.1, -0.05) is 18.2 Å². The Morgan fingerprint density at radius 1 is 0.947 bits per heavy atom. The van der Waals surface area contributed by atoms with E-state index in [0.29, 0.717) is 5.56 Å². The molecule has 0 spiro atoms. The lowest BCUT2D eigenvalue weighted by molar-refractivity contribution is 0.434. The van der Waals surface area contributed by atoms with Gasteiger partial charge in [0.2, 0.25) is 0 Å². The summed E-state index contributed by atoms with van der Waals surface area (Å²) in [5, 5.41) is 23.1. The van der Waals surface area contributed by atoms with E-state index in [9.17, 15) is 10.2 Å². The van der Waals surface area contributed by atoms with Crippen molar-refractivity contribution in [3.63, 3.8) is 0 Å². The van der Waals surface area contributed by atoms with Crippen LogP contribution in [0, 0.1) is 13.8 Å². The topological polar surface area (TPSA) is 52.5 Å². The number of phenolic OH excluding ortho intramolecular Hbond substituents is 2. The molecule has 19 heavy (non-hydrogen) atoms. The Balaban J connectivity index is 2.31. The minimum Gasteiger partial charge on any atom is -0.507 e. The number of rotatable bonds is 3. The molecule has 2 rings (SSSR count). The first-order chi connectivity index (χ1) is 9.00. The van der Waals surface area contributed by atoms with Crippen LogP contribution in [-0.2, 0) is 0 Å². The standard InChI is InChI=1S/C16H19NO2/c1-10-6-4-7-13(11(10)2)17-12(3)16-14(18)8-5-9-15(16)19/h4-9,12,17-19H,1-3H3. The van der Waals surface area contributed by atoms with Crippen LogP contribution < -0.4 is 5.32 Å². The molecule has 0 bridgehead atoms. The number of benzene rings is 2. The molecule has 100 valence electrons. The minimum atomic E-state index is -0.179. The predicted octanol–water partition coefficient (Wildman–Crippen LogP) is 3.89. The first-order valence-corrected chi connectivity index (χ1v) is 6.34. The molecule has 0 saturated heterocycles. The Morgan fingerprint density at radius 3 is 2.16 bits per heavy atom. The number of aromatic hydroxyl groups is 2. The number of hydrogen-bond acceptors (Lipinski definition) is 3. The van der Waals surface area contributed by atoms with Gasteiger partial charge in [0.05, 0.1) is 11.6 Å². The fraction of sp³-hybridized carbons (Fsp3) is 0.250. The van der Waals surface area contributed by atoms with Crippen LogP contribution in [0.15, 0.2) is 36.4 Å². The highest BCUT2D eigenvalue weighted by molar-refractivity contribution is 5.57. The van der Waals surface area contributed by atoms with E-state index in [1.54, 1.807) is 18.2 Å². The molecular weight excluding hydrogens is 238 g/mol. The van der Waals surface area contributed by atoms with Crippen LogP contribution in [0.2, 0.25) is 0 Å². The molecule has 2 aromatic rings. The molecule has 0 amide bonds. The maximum atomic E-state index is 9.86. The SMILES string of the molecule is Cc1cccc(NC(C)c2c(O)cccc2O)c1C. The van der Waals surface area contributed by atoms with E-state index < -0.39 is 0 Å². The summed E-state index contributed by atoms with van der Waals surface area (Å²) in [5.41, 5.74) is 3.90. The molecule has 0 aliphatic rings. The molecule has 0 aliphatic heterocycles. The van der Waals surface area contributed by atoms with Gasteiger partial charge in [-0.2, -0.15) is 0 Å². The molecule has 0 aromatic heterocycles. The van der Waals surface area contributed by atoms with Crippen LogP contribution in [0.25, 0.3) is 0 Å². The Labute approximate surface area is 113 Å². The van der Waals surface area contributed by atoms with Crippen molar-refractivity contribution in [2.75, 3.05) is 5.32 Å². The lowest BCUT2D eigenvalue weighted by Gasteiger charge is -2.20. The second-order valence-corrected chi connectivity index (χ2v) is 4.82. The highest BCUT2D eigenvalue weighted by Crippen LogP contribution is 2.34. The smallest absolute Gasteiger partial charge is 0.124 e. The molecular formula is C16H19NO2. The quantitative estimate of drug-likeness (QED) is 0.782. The van der Waals surface area contributed by atoms with Crippen molar-refractivity contribution in [1.29, 1.82) is 0 Å². The maximum Gasteiger partial charge on any atom is 0.124 e. The highest BCUT2D eigenvalue weighted by Gasteiger charge is 2.15. The summed E-state index contributed by atoms with van der Waals surface area (Å²) in [5.74, 6) is 0.204. The summed E-state index contributed by atoms with van der Waals surface area (Å²) in [6, 6.07) is 10.6. The summed E-state index contributed by atoms with van der Waals surface area (Å²) in [7, 11) is 0. The van der Waals surface area contributed by atoms with Crippen molar-refractivity contribution in [3.8, 4) is 11.5 Å². The third-order valence-electron chi connectivity index (χ3n) is 3.47. The zero-order valence-corrected chi connectivity index (χ0v) is 11.4. The largest absolute Gasteiger partial charge is 0.507 e. The van der Waals surface area contributed by atoms with Crippen molar-refractivity contribution in [1.82, 2.24) is 0 Å². The van der Waals surface area contributed by atoms with E-state index in [4.69, 9.17) is 0 Å². The summed E-state index contributed by atoms with van der Waals surface area (Å²) >= 11 is 0. The van der Waals surface area contributed by atoms with Gasteiger partial charge in [0.15, 0.2) is 0 Å². The Bertz CT molecular complexity index is 573. The minimum absolute atomic E-state index is 0.102. The van der Waals surface area contributed by atoms with Crippen molar-refractivity contribution >= 4 is 5.69 Å². The van der Waals surface area contributed by atoms with Gasteiger partial charge in [0.1, 0.15) is 11.5 Å². The number of nitrogens with one attached hydrogen (secondary N) is 1. The number of aryl methyl sites for hydroxylation is 1. The third-order valence-corrected chi connectivity index (χ3v) is 3.47. The van der Waals surface area contributed by atoms with E-state index in [-0.39, 0.29) is 17.5 Å². The average molecular weight is 257 g/mol. The van der Waals surface area contributed by atoms with Crippen molar-refractivity contribution in [2.24, 2.45) is 0 Å². The maximum absolute atomic E-state index is 9.86. The zero-order valence-electron chi connectivity index (χ0n) is 11.4. The van der Waals surface area contributed by atoms with Gasteiger partial charge < -0.3 is 15.5 Å². The molecule has 3 N–H and O–H groups in total. The van der Waals surface area contributed by atoms with Gasteiger partial charge >= 0.3 is 0 Å². The first-order valence-electron chi connectivity index (χ1n) is 6.34. The van der Waals surface area contributed by atoms with Gasteiger partial charge in [0.25, 0.3) is 0 Å². The predicted molar refractivity (Wildman–Crippen MR) is 77.7 cm³/mol. The molecule has 0 saturated carbocycles. The summed E-state index contributed by atoms with van der Waals surface area (Å²) < 4.78 is 0. The van der Waals surface area contributed by atoms with Crippen LogP contribution in [0.5, 0.6) is 11.5 Å².